The highest BCUT2D eigenvalue weighted by atomic mass is 32.1. The summed E-state index contributed by atoms with van der Waals surface area (Å²) < 4.78 is 33.1. The first-order chi connectivity index (χ1) is 42.1. The molecule has 2 aliphatic rings. The number of nitrogens with one attached hydrogen (secondary N) is 1. The number of hydrogen-bond acceptors (Lipinski definition) is 16. The number of aliphatic hydroxyl groups excluding tert-OH is 1. The number of thiocarbonyl (C=S) groups is 1. The zero-order valence-corrected chi connectivity index (χ0v) is 52.1. The highest BCUT2D eigenvalue weighted by molar-refractivity contribution is 7.80. The smallest absolute Gasteiger partial charge is 0.330 e. The second-order valence-corrected chi connectivity index (χ2v) is 22.9. The maximum atomic E-state index is 12.3. The number of benzene rings is 4. The fraction of sp³-hybridized carbons (Fsp3) is 0.406. The van der Waals surface area contributed by atoms with Crippen LogP contribution in [0.25, 0.3) is 10.2 Å². The summed E-state index contributed by atoms with van der Waals surface area (Å²) in [5.41, 5.74) is 2.06. The van der Waals surface area contributed by atoms with Gasteiger partial charge in [-0.3, -0.25) is 14.4 Å². The van der Waals surface area contributed by atoms with Crippen LogP contribution in [0.1, 0.15) is 135 Å². The number of thiazole rings is 1. The number of ketones is 1. The first-order valence-corrected chi connectivity index (χ1v) is 31.3. The van der Waals surface area contributed by atoms with Crippen molar-refractivity contribution >= 4 is 79.6 Å². The van der Waals surface area contributed by atoms with E-state index in [1.54, 1.807) is 36.4 Å². The Balaban J connectivity index is 0.000000239. The molecule has 16 nitrogen and oxygen atoms in total. The summed E-state index contributed by atoms with van der Waals surface area (Å²) in [7, 11) is 0. The van der Waals surface area contributed by atoms with Gasteiger partial charge in [-0.2, -0.15) is 10.1 Å². The third-order valence-corrected chi connectivity index (χ3v) is 15.7. The van der Waals surface area contributed by atoms with E-state index < -0.39 is 6.79 Å². The Morgan fingerprint density at radius 2 is 1.25 bits per heavy atom. The molecule has 4 aromatic carbocycles. The van der Waals surface area contributed by atoms with Gasteiger partial charge in [0.1, 0.15) is 34.5 Å². The predicted molar refractivity (Wildman–Crippen MR) is 350 cm³/mol. The van der Waals surface area contributed by atoms with Crippen LogP contribution in [0, 0.1) is 23.7 Å². The van der Waals surface area contributed by atoms with Crippen molar-refractivity contribution in [3.8, 4) is 23.0 Å². The number of para-hydroxylation sites is 2. The number of aliphatic hydroxyl groups is 1. The zero-order valence-electron chi connectivity index (χ0n) is 50.5. The molecular weight excluding hydrogens is 1140 g/mol. The molecule has 2 saturated carbocycles. The van der Waals surface area contributed by atoms with Gasteiger partial charge in [-0.05, 0) is 199 Å². The Hall–Kier alpha value is -7.93. The standard InChI is InChI=1S/C24H34O4.C23H34O5.C22H18N4O3S2/c1-3-21(25)9-7-5-4-6-8-18-27-22-14-16-23(17-15-22)28-24(26)20-12-10-19(2)11-13-20;1-5-22(24)27-17-9-7-6-8-16-26-19(3)12-13-20(4)28-23(25)21-14-10-18(2)11-15-21;27-14-29-17-10-11-19(28)15(12-17)13-23-26(21(30)24-16-6-2-1-3-7-16)22-25-18-8-4-5-9-20(18)31-22/h3,14-17,19-20H,1,4-13,18H2,2H3;5,12-13,18,21H,1,3-4,6-11,14-17H2,2H3;1-13,27-28H,14H2,(H,24,30)/b;13-12-;23-13+. The number of carbonyl (C=O) groups is 4. The van der Waals surface area contributed by atoms with Crippen molar-refractivity contribution in [1.29, 1.82) is 0 Å². The predicted octanol–water partition coefficient (Wildman–Crippen LogP) is 15.7. The Morgan fingerprint density at radius 3 is 1.90 bits per heavy atom. The lowest BCUT2D eigenvalue weighted by molar-refractivity contribution is -0.145. The number of aromatic nitrogens is 1. The zero-order chi connectivity index (χ0) is 62.6. The molecular formula is C69H86N4O12S2. The number of fused-ring (bicyclic) bond motifs is 1. The second kappa shape index (κ2) is 39.7. The van der Waals surface area contributed by atoms with Gasteiger partial charge in [0.15, 0.2) is 12.6 Å². The Morgan fingerprint density at radius 1 is 0.678 bits per heavy atom. The number of phenols is 1. The lowest BCUT2D eigenvalue weighted by Gasteiger charge is -2.24. The minimum Gasteiger partial charge on any atom is -0.507 e. The highest BCUT2D eigenvalue weighted by Gasteiger charge is 2.27. The normalized spacial score (nSPS) is 16.2. The van der Waals surface area contributed by atoms with Crippen molar-refractivity contribution in [3.05, 3.63) is 165 Å². The summed E-state index contributed by atoms with van der Waals surface area (Å²) >= 11 is 7.06. The van der Waals surface area contributed by atoms with Gasteiger partial charge < -0.3 is 44.0 Å². The average Bonchev–Trinajstić information content (AvgIpc) is 2.71. The molecule has 5 aromatic rings. The van der Waals surface area contributed by atoms with Crippen molar-refractivity contribution < 1.29 is 57.8 Å². The summed E-state index contributed by atoms with van der Waals surface area (Å²) in [4.78, 5) is 51.0. The number of carbonyl (C=O) groups excluding carboxylic acids is 4. The third-order valence-electron chi connectivity index (χ3n) is 14.5. The summed E-state index contributed by atoms with van der Waals surface area (Å²) in [6.07, 6.45) is 24.8. The number of unbranched alkanes of at least 4 members (excludes halogenated alkanes) is 7. The number of hydrazone groups is 1. The molecule has 2 aliphatic carbocycles. The molecule has 0 aliphatic heterocycles. The van der Waals surface area contributed by atoms with E-state index in [2.05, 4.69) is 55.6 Å². The van der Waals surface area contributed by atoms with Crippen molar-refractivity contribution in [1.82, 2.24) is 4.98 Å². The van der Waals surface area contributed by atoms with Gasteiger partial charge in [0.25, 0.3) is 0 Å². The summed E-state index contributed by atoms with van der Waals surface area (Å²) in [6, 6.07) is 29.2. The number of ether oxygens (including phenoxy) is 6. The van der Waals surface area contributed by atoms with E-state index in [0.29, 0.717) is 71.0 Å². The summed E-state index contributed by atoms with van der Waals surface area (Å²) in [5, 5.41) is 29.2. The number of hydrogen-bond donors (Lipinski definition) is 3. The molecule has 0 amide bonds. The number of allylic oxidation sites excluding steroid dienone is 3. The molecule has 0 bridgehead atoms. The fourth-order valence-corrected chi connectivity index (χ4v) is 10.5. The first-order valence-electron chi connectivity index (χ1n) is 30.1. The van der Waals surface area contributed by atoms with E-state index in [4.69, 9.17) is 45.7 Å². The minimum atomic E-state index is -0.468. The molecule has 18 heteroatoms. The van der Waals surface area contributed by atoms with E-state index in [-0.39, 0.29) is 41.3 Å². The number of anilines is 2. The van der Waals surface area contributed by atoms with Crippen LogP contribution < -0.4 is 24.5 Å². The van der Waals surface area contributed by atoms with Crippen molar-refractivity contribution in [2.75, 3.05) is 36.9 Å². The lowest BCUT2D eigenvalue weighted by atomic mass is 9.83. The van der Waals surface area contributed by atoms with Crippen LogP contribution in [0.4, 0.5) is 10.8 Å². The van der Waals surface area contributed by atoms with E-state index in [1.807, 2.05) is 66.7 Å². The molecule has 0 unspecified atom stereocenters. The molecule has 7 rings (SSSR count). The van der Waals surface area contributed by atoms with Gasteiger partial charge in [-0.1, -0.05) is 101 Å². The van der Waals surface area contributed by atoms with Crippen molar-refractivity contribution in [2.24, 2.45) is 28.8 Å². The molecule has 0 spiro atoms. The van der Waals surface area contributed by atoms with Gasteiger partial charge in [0, 0.05) is 23.7 Å². The van der Waals surface area contributed by atoms with Crippen LogP contribution in [0.15, 0.2) is 164 Å². The van der Waals surface area contributed by atoms with Crippen LogP contribution >= 0.6 is 23.6 Å². The van der Waals surface area contributed by atoms with Crippen molar-refractivity contribution in [2.45, 2.75) is 129 Å². The molecule has 466 valence electrons. The topological polar surface area (TPSA) is 205 Å². The van der Waals surface area contributed by atoms with Crippen LogP contribution in [0.2, 0.25) is 0 Å². The SMILES string of the molecule is C=CC(=O)CCCCCCCOc1ccc(OC(=O)C2CCC(C)CC2)cc1.C=CC(=O)OCCCCCCOC(=C)/C=C\C(=C)OC(=O)C1CCC(C)CC1.OCOc1ccc(O)c(/C=N/N(C(=S)Nc2ccccc2)c2nc3ccccc3s2)c1. The number of esters is 3. The molecule has 0 radical (unpaired) electrons. The number of rotatable bonds is 31. The minimum absolute atomic E-state index is 0.0129. The third kappa shape index (κ3) is 27.1. The molecule has 87 heavy (non-hydrogen) atoms. The van der Waals surface area contributed by atoms with E-state index >= 15 is 0 Å². The van der Waals surface area contributed by atoms with Gasteiger partial charge in [-0.25, -0.2) is 9.78 Å². The monoisotopic (exact) mass is 1230 g/mol. The van der Waals surface area contributed by atoms with Gasteiger partial charge in [-0.15, -0.1) is 0 Å². The maximum absolute atomic E-state index is 12.3. The largest absolute Gasteiger partial charge is 0.507 e. The summed E-state index contributed by atoms with van der Waals surface area (Å²) in [6.45, 7) is 20.1. The molecule has 2 fully saturated rings. The second-order valence-electron chi connectivity index (χ2n) is 21.5. The molecule has 1 heterocycles. The Kier molecular flexibility index (Phi) is 31.9. The molecule has 0 saturated heterocycles. The van der Waals surface area contributed by atoms with E-state index in [1.165, 1.54) is 40.8 Å². The fourth-order valence-electron chi connectivity index (χ4n) is 9.25. The molecule has 3 N–H and O–H groups in total. The summed E-state index contributed by atoms with van der Waals surface area (Å²) in [5.74, 6) is 3.52. The van der Waals surface area contributed by atoms with Crippen LogP contribution in [-0.4, -0.2) is 76.8 Å². The van der Waals surface area contributed by atoms with E-state index in [0.717, 1.165) is 137 Å². The van der Waals surface area contributed by atoms with Crippen molar-refractivity contribution in [3.63, 3.8) is 0 Å². The Labute approximate surface area is 522 Å². The quantitative estimate of drug-likeness (QED) is 0.00361. The van der Waals surface area contributed by atoms with E-state index in [9.17, 15) is 24.3 Å². The number of aromatic hydroxyl groups is 1. The maximum Gasteiger partial charge on any atom is 0.330 e. The molecule has 0 atom stereocenters. The lowest BCUT2D eigenvalue weighted by Crippen LogP contribution is -2.30. The van der Waals surface area contributed by atoms with Gasteiger partial charge in [0.05, 0.1) is 48.1 Å². The van der Waals surface area contributed by atoms with Crippen LogP contribution in [0.3, 0.4) is 0 Å². The first kappa shape index (κ1) is 69.8. The average molecular weight is 1230 g/mol. The highest BCUT2D eigenvalue weighted by Crippen LogP contribution is 2.33. The Bertz CT molecular complexity index is 3000. The molecule has 1 aromatic heterocycles. The van der Waals surface area contributed by atoms with Gasteiger partial charge in [0.2, 0.25) is 10.2 Å². The number of phenolic OH excluding ortho intramolecular Hbond substituents is 1. The number of nitrogens with zero attached hydrogens (tertiary/aromatic N) is 3. The van der Waals surface area contributed by atoms with Crippen LogP contribution in [-0.2, 0) is 33.4 Å². The van der Waals surface area contributed by atoms with Crippen LogP contribution in [0.5, 0.6) is 23.0 Å². The van der Waals surface area contributed by atoms with Gasteiger partial charge >= 0.3 is 17.9 Å².